The summed E-state index contributed by atoms with van der Waals surface area (Å²) in [5, 5.41) is 23.1. The highest BCUT2D eigenvalue weighted by Gasteiger charge is 2.18. The van der Waals surface area contributed by atoms with E-state index in [1.807, 2.05) is 6.08 Å². The molecule has 4 heteroatoms. The first-order chi connectivity index (χ1) is 31.7. The van der Waals surface area contributed by atoms with Crippen molar-refractivity contribution in [1.29, 1.82) is 0 Å². The second-order valence-electron chi connectivity index (χ2n) is 20.4. The summed E-state index contributed by atoms with van der Waals surface area (Å²) in [6, 6.07) is -0.618. The minimum Gasteiger partial charge on any atom is -0.394 e. The topological polar surface area (TPSA) is 69.6 Å². The van der Waals surface area contributed by atoms with Gasteiger partial charge in [0.25, 0.3) is 0 Å². The molecule has 4 nitrogen and oxygen atoms in total. The molecule has 3 N–H and O–H groups in total. The van der Waals surface area contributed by atoms with Crippen molar-refractivity contribution >= 4 is 5.91 Å². The molecule has 0 aliphatic rings. The Morgan fingerprint density at radius 3 is 0.859 bits per heavy atom. The van der Waals surface area contributed by atoms with Gasteiger partial charge in [0.2, 0.25) is 5.91 Å². The second kappa shape index (κ2) is 56.2. The van der Waals surface area contributed by atoms with E-state index in [1.165, 1.54) is 289 Å². The Bertz CT molecular complexity index is 932. The number of aliphatic hydroxyl groups is 2. The Hall–Kier alpha value is -1.13. The van der Waals surface area contributed by atoms with Gasteiger partial charge in [0.15, 0.2) is 0 Å². The molecule has 0 fully saturated rings. The van der Waals surface area contributed by atoms with E-state index in [0.717, 1.165) is 25.7 Å². The molecule has 2 unspecified atom stereocenters. The van der Waals surface area contributed by atoms with Crippen LogP contribution in [0.5, 0.6) is 0 Å². The van der Waals surface area contributed by atoms with Crippen molar-refractivity contribution in [3.8, 4) is 0 Å². The van der Waals surface area contributed by atoms with Gasteiger partial charge in [-0.3, -0.25) is 4.79 Å². The number of carbonyl (C=O) groups is 1. The molecule has 0 aliphatic carbocycles. The molecule has 0 saturated carbocycles. The summed E-state index contributed by atoms with van der Waals surface area (Å²) in [6.45, 7) is 4.33. The molecule has 0 bridgehead atoms. The summed E-state index contributed by atoms with van der Waals surface area (Å²) in [5.74, 6) is -0.0580. The van der Waals surface area contributed by atoms with Crippen LogP contribution in [0.1, 0.15) is 335 Å². The quantitative estimate of drug-likeness (QED) is 0.0421. The molecule has 0 saturated heterocycles. The first kappa shape index (κ1) is 62.9. The van der Waals surface area contributed by atoms with E-state index < -0.39 is 12.1 Å². The number of unbranched alkanes of at least 4 members (excludes halogenated alkanes) is 46. The van der Waals surface area contributed by atoms with Gasteiger partial charge in [-0.05, 0) is 44.9 Å². The maximum absolute atomic E-state index is 12.4. The first-order valence-electron chi connectivity index (χ1n) is 29.6. The van der Waals surface area contributed by atoms with Crippen LogP contribution in [0.2, 0.25) is 0 Å². The summed E-state index contributed by atoms with van der Waals surface area (Å²) in [7, 11) is 0. The van der Waals surface area contributed by atoms with Crippen molar-refractivity contribution in [2.45, 2.75) is 347 Å². The van der Waals surface area contributed by atoms with Crippen molar-refractivity contribution in [3.63, 3.8) is 0 Å². The molecular formula is C60H117NO3. The highest BCUT2D eigenvalue weighted by atomic mass is 16.3. The zero-order valence-corrected chi connectivity index (χ0v) is 43.8. The molecule has 0 radical (unpaired) electrons. The molecular weight excluding hydrogens is 783 g/mol. The van der Waals surface area contributed by atoms with Crippen molar-refractivity contribution in [1.82, 2.24) is 5.32 Å². The predicted molar refractivity (Wildman–Crippen MR) is 286 cm³/mol. The Balaban J connectivity index is 3.35. The fraction of sp³-hybridized carbons (Fsp3) is 0.917. The van der Waals surface area contributed by atoms with Gasteiger partial charge in [0.05, 0.1) is 18.8 Å². The van der Waals surface area contributed by atoms with E-state index in [0.29, 0.717) is 6.42 Å². The molecule has 0 aromatic rings. The summed E-state index contributed by atoms with van der Waals surface area (Å²) >= 11 is 0. The summed E-state index contributed by atoms with van der Waals surface area (Å²) in [4.78, 5) is 12.4. The third kappa shape index (κ3) is 51.8. The maximum Gasteiger partial charge on any atom is 0.220 e. The van der Waals surface area contributed by atoms with Gasteiger partial charge in [-0.25, -0.2) is 0 Å². The van der Waals surface area contributed by atoms with E-state index in [9.17, 15) is 15.0 Å². The van der Waals surface area contributed by atoms with Gasteiger partial charge in [0, 0.05) is 6.42 Å². The SMILES string of the molecule is CCCCCCCCCC/C=C\CCCCCCCCCCCCCCCCCCCCCCCCCCCCCC(=O)NC(CO)C(O)/C=C/CCCCCCCCCCCCC. The Morgan fingerprint density at radius 1 is 0.359 bits per heavy atom. The smallest absolute Gasteiger partial charge is 0.220 e. The Kier molecular flexibility index (Phi) is 55.2. The molecule has 64 heavy (non-hydrogen) atoms. The average Bonchev–Trinajstić information content (AvgIpc) is 3.30. The fourth-order valence-electron chi connectivity index (χ4n) is 9.41. The first-order valence-corrected chi connectivity index (χ1v) is 29.6. The number of rotatable bonds is 55. The van der Waals surface area contributed by atoms with Crippen molar-refractivity contribution in [2.24, 2.45) is 0 Å². The van der Waals surface area contributed by atoms with Crippen LogP contribution >= 0.6 is 0 Å². The number of nitrogens with one attached hydrogen (secondary N) is 1. The minimum atomic E-state index is -0.835. The van der Waals surface area contributed by atoms with Gasteiger partial charge in [-0.1, -0.05) is 308 Å². The lowest BCUT2D eigenvalue weighted by Gasteiger charge is -2.20. The number of allylic oxidation sites excluding steroid dienone is 3. The van der Waals surface area contributed by atoms with Crippen molar-refractivity contribution in [2.75, 3.05) is 6.61 Å². The molecule has 0 aliphatic heterocycles. The second-order valence-corrected chi connectivity index (χ2v) is 20.4. The van der Waals surface area contributed by atoms with Crippen LogP contribution in [-0.2, 0) is 4.79 Å². The molecule has 0 spiro atoms. The lowest BCUT2D eigenvalue weighted by molar-refractivity contribution is -0.123. The summed E-state index contributed by atoms with van der Waals surface area (Å²) in [6.07, 6.45) is 75.2. The number of aliphatic hydroxyl groups excluding tert-OH is 2. The third-order valence-electron chi connectivity index (χ3n) is 13.9. The maximum atomic E-state index is 12.4. The Morgan fingerprint density at radius 2 is 0.594 bits per heavy atom. The number of hydrogen-bond acceptors (Lipinski definition) is 3. The largest absolute Gasteiger partial charge is 0.394 e. The van der Waals surface area contributed by atoms with E-state index in [-0.39, 0.29) is 12.5 Å². The van der Waals surface area contributed by atoms with Crippen LogP contribution < -0.4 is 5.32 Å². The predicted octanol–water partition coefficient (Wildman–Crippen LogP) is 19.5. The summed E-state index contributed by atoms with van der Waals surface area (Å²) < 4.78 is 0. The van der Waals surface area contributed by atoms with Gasteiger partial charge < -0.3 is 15.5 Å². The highest BCUT2D eigenvalue weighted by molar-refractivity contribution is 5.76. The molecule has 2 atom stereocenters. The lowest BCUT2D eigenvalue weighted by atomic mass is 10.0. The van der Waals surface area contributed by atoms with Crippen molar-refractivity contribution in [3.05, 3.63) is 24.3 Å². The van der Waals surface area contributed by atoms with Crippen LogP contribution in [-0.4, -0.2) is 34.9 Å². The van der Waals surface area contributed by atoms with Gasteiger partial charge in [0.1, 0.15) is 0 Å². The standard InChI is InChI=1S/C60H117NO3/c1-3-5-7-9-11-13-15-17-18-19-20-21-22-23-24-25-26-27-28-29-30-31-32-33-34-35-36-37-38-39-40-41-42-44-46-48-50-52-54-56-60(64)61-58(57-62)59(63)55-53-51-49-47-45-43-16-14-12-10-8-6-4-2/h19-20,53,55,58-59,62-63H,3-18,21-52,54,56-57H2,1-2H3,(H,61,64)/b20-19-,55-53+. The molecule has 0 aromatic heterocycles. The van der Waals surface area contributed by atoms with E-state index >= 15 is 0 Å². The number of amides is 1. The van der Waals surface area contributed by atoms with E-state index in [1.54, 1.807) is 6.08 Å². The summed E-state index contributed by atoms with van der Waals surface area (Å²) in [5.41, 5.74) is 0. The molecule has 380 valence electrons. The van der Waals surface area contributed by atoms with Crippen molar-refractivity contribution < 1.29 is 15.0 Å². The van der Waals surface area contributed by atoms with Gasteiger partial charge in [-0.2, -0.15) is 0 Å². The normalized spacial score (nSPS) is 12.9. The van der Waals surface area contributed by atoms with Crippen LogP contribution in [0.4, 0.5) is 0 Å². The van der Waals surface area contributed by atoms with Gasteiger partial charge in [-0.15, -0.1) is 0 Å². The fourth-order valence-corrected chi connectivity index (χ4v) is 9.41. The van der Waals surface area contributed by atoms with Crippen LogP contribution in [0.25, 0.3) is 0 Å². The molecule has 1 amide bonds. The van der Waals surface area contributed by atoms with Crippen LogP contribution in [0.15, 0.2) is 24.3 Å². The molecule has 0 rings (SSSR count). The van der Waals surface area contributed by atoms with Crippen LogP contribution in [0, 0.1) is 0 Å². The third-order valence-corrected chi connectivity index (χ3v) is 13.9. The monoisotopic (exact) mass is 900 g/mol. The average molecular weight is 901 g/mol. The van der Waals surface area contributed by atoms with E-state index in [2.05, 4.69) is 31.3 Å². The van der Waals surface area contributed by atoms with Crippen LogP contribution in [0.3, 0.4) is 0 Å². The number of carbonyl (C=O) groups excluding carboxylic acids is 1. The number of hydrogen-bond donors (Lipinski definition) is 3. The van der Waals surface area contributed by atoms with Gasteiger partial charge >= 0.3 is 0 Å². The highest BCUT2D eigenvalue weighted by Crippen LogP contribution is 2.18. The Labute approximate surface area is 402 Å². The molecule has 0 heterocycles. The lowest BCUT2D eigenvalue weighted by Crippen LogP contribution is -2.45. The minimum absolute atomic E-state index is 0.0580. The zero-order chi connectivity index (χ0) is 46.3. The van der Waals surface area contributed by atoms with E-state index in [4.69, 9.17) is 0 Å². The molecule has 0 aromatic carbocycles. The zero-order valence-electron chi connectivity index (χ0n) is 43.8.